The van der Waals surface area contributed by atoms with Crippen molar-refractivity contribution in [2.24, 2.45) is 10.2 Å². The number of hydrogen-bond donors (Lipinski definition) is 1. The Bertz CT molecular complexity index is 256. The van der Waals surface area contributed by atoms with Gasteiger partial charge >= 0.3 is 0 Å². The molecule has 0 heterocycles. The zero-order chi connectivity index (χ0) is 12.8. The van der Waals surface area contributed by atoms with Crippen LogP contribution in [-0.4, -0.2) is 22.2 Å². The van der Waals surface area contributed by atoms with Crippen molar-refractivity contribution in [2.75, 3.05) is 0 Å². The highest BCUT2D eigenvalue weighted by Crippen LogP contribution is 2.22. The second kappa shape index (κ2) is 6.09. The van der Waals surface area contributed by atoms with E-state index >= 15 is 0 Å². The third-order valence-electron chi connectivity index (χ3n) is 2.21. The predicted octanol–water partition coefficient (Wildman–Crippen LogP) is 3.10. The molecule has 0 aliphatic rings. The topological polar surface area (TPSA) is 62.0 Å². The lowest BCUT2D eigenvalue weighted by atomic mass is 10.0. The number of aliphatic hydroxyl groups is 1. The Balaban J connectivity index is 4.31. The first-order valence-electron chi connectivity index (χ1n) is 5.84. The summed E-state index contributed by atoms with van der Waals surface area (Å²) in [6.07, 6.45) is 2.16. The van der Waals surface area contributed by atoms with Gasteiger partial charge in [0.15, 0.2) is 5.72 Å². The maximum absolute atomic E-state index is 10.8. The summed E-state index contributed by atoms with van der Waals surface area (Å²) in [6, 6.07) is 0. The first-order valence-corrected chi connectivity index (χ1v) is 5.84. The van der Waals surface area contributed by atoms with Crippen LogP contribution in [0.25, 0.3) is 0 Å². The van der Waals surface area contributed by atoms with Crippen LogP contribution in [0.3, 0.4) is 0 Å². The van der Waals surface area contributed by atoms with Gasteiger partial charge < -0.3 is 9.90 Å². The number of ketones is 1. The monoisotopic (exact) mass is 228 g/mol. The second-order valence-corrected chi connectivity index (χ2v) is 5.26. The van der Waals surface area contributed by atoms with Crippen molar-refractivity contribution in [3.63, 3.8) is 0 Å². The fraction of sp³-hybridized carbons (Fsp3) is 0.917. The van der Waals surface area contributed by atoms with Crippen LogP contribution in [0, 0.1) is 0 Å². The van der Waals surface area contributed by atoms with Gasteiger partial charge in [-0.25, -0.2) is 0 Å². The molecule has 0 amide bonds. The van der Waals surface area contributed by atoms with E-state index in [2.05, 4.69) is 10.2 Å². The lowest BCUT2D eigenvalue weighted by Crippen LogP contribution is -2.25. The summed E-state index contributed by atoms with van der Waals surface area (Å²) in [5.74, 6) is 0.145. The molecule has 0 bridgehead atoms. The summed E-state index contributed by atoms with van der Waals surface area (Å²) in [5, 5.41) is 18.2. The van der Waals surface area contributed by atoms with Crippen molar-refractivity contribution < 1.29 is 9.90 Å². The molecule has 0 fully saturated rings. The number of carbonyl (C=O) groups excluding carboxylic acids is 1. The van der Waals surface area contributed by atoms with Gasteiger partial charge in [-0.3, -0.25) is 0 Å². The Morgan fingerprint density at radius 3 is 2.19 bits per heavy atom. The highest BCUT2D eigenvalue weighted by Gasteiger charge is 2.24. The summed E-state index contributed by atoms with van der Waals surface area (Å²) >= 11 is 0. The molecule has 0 radical (unpaired) electrons. The molecule has 0 saturated heterocycles. The largest absolute Gasteiger partial charge is 0.368 e. The van der Waals surface area contributed by atoms with Crippen LogP contribution in [0.4, 0.5) is 0 Å². The van der Waals surface area contributed by atoms with Crippen molar-refractivity contribution in [3.05, 3.63) is 0 Å². The molecule has 0 aromatic carbocycles. The number of rotatable bonds is 6. The average Bonchev–Trinajstić information content (AvgIpc) is 2.13. The molecule has 94 valence electrons. The summed E-state index contributed by atoms with van der Waals surface area (Å²) in [5.41, 5.74) is -1.38. The molecule has 0 aromatic rings. The molecular formula is C12H24N2O2. The van der Waals surface area contributed by atoms with E-state index in [0.29, 0.717) is 25.7 Å². The van der Waals surface area contributed by atoms with Gasteiger partial charge in [0.1, 0.15) is 5.78 Å². The van der Waals surface area contributed by atoms with Crippen molar-refractivity contribution in [1.82, 2.24) is 0 Å². The fourth-order valence-corrected chi connectivity index (χ4v) is 1.16. The molecule has 0 spiro atoms. The molecule has 0 rings (SSSR count). The molecule has 4 nitrogen and oxygen atoms in total. The fourth-order valence-electron chi connectivity index (χ4n) is 1.16. The number of hydrogen-bond acceptors (Lipinski definition) is 4. The van der Waals surface area contributed by atoms with E-state index < -0.39 is 5.72 Å². The van der Waals surface area contributed by atoms with Gasteiger partial charge in [0.05, 0.1) is 5.54 Å². The molecule has 0 aromatic heterocycles. The molecule has 1 atom stereocenters. The summed E-state index contributed by atoms with van der Waals surface area (Å²) < 4.78 is 0. The van der Waals surface area contributed by atoms with Gasteiger partial charge in [-0.1, -0.05) is 6.92 Å². The third-order valence-corrected chi connectivity index (χ3v) is 2.21. The maximum Gasteiger partial charge on any atom is 0.175 e. The van der Waals surface area contributed by atoms with Crippen LogP contribution in [0.1, 0.15) is 60.3 Å². The van der Waals surface area contributed by atoms with E-state index in [-0.39, 0.29) is 11.3 Å². The van der Waals surface area contributed by atoms with E-state index in [4.69, 9.17) is 0 Å². The lowest BCUT2D eigenvalue weighted by Gasteiger charge is -2.22. The predicted molar refractivity (Wildman–Crippen MR) is 64.4 cm³/mol. The lowest BCUT2D eigenvalue weighted by molar-refractivity contribution is -0.117. The SMILES string of the molecule is CCC(O)(CCCC(C)=O)N=NC(C)(C)C. The summed E-state index contributed by atoms with van der Waals surface area (Å²) in [4.78, 5) is 10.8. The van der Waals surface area contributed by atoms with Crippen molar-refractivity contribution in [1.29, 1.82) is 0 Å². The normalized spacial score (nSPS) is 16.4. The van der Waals surface area contributed by atoms with Gasteiger partial charge in [0, 0.05) is 6.42 Å². The third kappa shape index (κ3) is 7.51. The van der Waals surface area contributed by atoms with Crippen molar-refractivity contribution >= 4 is 5.78 Å². The molecule has 0 aliphatic heterocycles. The van der Waals surface area contributed by atoms with Gasteiger partial charge in [0.2, 0.25) is 0 Å². The number of carbonyl (C=O) groups is 1. The van der Waals surface area contributed by atoms with E-state index in [0.717, 1.165) is 0 Å². The Morgan fingerprint density at radius 2 is 1.81 bits per heavy atom. The van der Waals surface area contributed by atoms with Gasteiger partial charge in [0.25, 0.3) is 0 Å². The van der Waals surface area contributed by atoms with Crippen LogP contribution in [0.5, 0.6) is 0 Å². The Hall–Kier alpha value is -0.770. The van der Waals surface area contributed by atoms with Gasteiger partial charge in [-0.2, -0.15) is 10.2 Å². The van der Waals surface area contributed by atoms with E-state index in [9.17, 15) is 9.90 Å². The standard InChI is InChI=1S/C12H24N2O2/c1-6-12(16,9-7-8-10(2)15)14-13-11(3,4)5/h16H,6-9H2,1-5H3. The quantitative estimate of drug-likeness (QED) is 0.710. The minimum Gasteiger partial charge on any atom is -0.368 e. The van der Waals surface area contributed by atoms with Gasteiger partial charge in [-0.05, 0) is 47.0 Å². The van der Waals surface area contributed by atoms with Crippen LogP contribution in [0.15, 0.2) is 10.2 Å². The molecule has 0 aliphatic carbocycles. The van der Waals surface area contributed by atoms with Crippen LogP contribution >= 0.6 is 0 Å². The van der Waals surface area contributed by atoms with Gasteiger partial charge in [-0.15, -0.1) is 0 Å². The van der Waals surface area contributed by atoms with Crippen molar-refractivity contribution in [3.8, 4) is 0 Å². The Morgan fingerprint density at radius 1 is 1.25 bits per heavy atom. The summed E-state index contributed by atoms with van der Waals surface area (Å²) in [7, 11) is 0. The number of nitrogens with zero attached hydrogens (tertiary/aromatic N) is 2. The second-order valence-electron chi connectivity index (χ2n) is 5.26. The smallest absolute Gasteiger partial charge is 0.175 e. The van der Waals surface area contributed by atoms with Crippen molar-refractivity contribution in [2.45, 2.75) is 71.6 Å². The van der Waals surface area contributed by atoms with Crippen LogP contribution in [0.2, 0.25) is 0 Å². The molecule has 16 heavy (non-hydrogen) atoms. The Labute approximate surface area is 98.2 Å². The minimum atomic E-state index is -1.11. The number of azo groups is 1. The van der Waals surface area contributed by atoms with Crippen LogP contribution < -0.4 is 0 Å². The van der Waals surface area contributed by atoms with E-state index in [1.807, 2.05) is 27.7 Å². The number of Topliss-reactive ketones (excluding diaryl/α,β-unsaturated/α-hetero) is 1. The first-order chi connectivity index (χ1) is 7.18. The summed E-state index contributed by atoms with van der Waals surface area (Å²) in [6.45, 7) is 9.23. The van der Waals surface area contributed by atoms with Crippen LogP contribution in [-0.2, 0) is 4.79 Å². The highest BCUT2D eigenvalue weighted by atomic mass is 16.3. The first kappa shape index (κ1) is 15.2. The zero-order valence-corrected chi connectivity index (χ0v) is 11.1. The minimum absolute atomic E-state index is 0.145. The van der Waals surface area contributed by atoms with E-state index in [1.165, 1.54) is 0 Å². The van der Waals surface area contributed by atoms with E-state index in [1.54, 1.807) is 6.92 Å². The molecule has 0 saturated carbocycles. The molecule has 1 N–H and O–H groups in total. The average molecular weight is 228 g/mol. The highest BCUT2D eigenvalue weighted by molar-refractivity contribution is 5.75. The molecule has 4 heteroatoms. The Kier molecular flexibility index (Phi) is 5.79. The molecule has 1 unspecified atom stereocenters. The molecular weight excluding hydrogens is 204 g/mol. The zero-order valence-electron chi connectivity index (χ0n) is 11.1. The maximum atomic E-state index is 10.8.